The fourth-order valence-electron chi connectivity index (χ4n) is 4.37. The van der Waals surface area contributed by atoms with Crippen molar-refractivity contribution in [3.05, 3.63) is 64.6 Å². The van der Waals surface area contributed by atoms with Crippen molar-refractivity contribution < 1.29 is 18.7 Å². The van der Waals surface area contributed by atoms with E-state index in [1.165, 1.54) is 12.1 Å². The fourth-order valence-corrected chi connectivity index (χ4v) is 4.37. The monoisotopic (exact) mass is 381 g/mol. The van der Waals surface area contributed by atoms with Gasteiger partial charge in [0.25, 0.3) is 0 Å². The maximum Gasteiger partial charge on any atom is 0.162 e. The second kappa shape index (κ2) is 6.66. The summed E-state index contributed by atoms with van der Waals surface area (Å²) in [5.41, 5.74) is 4.17. The number of carbonyl (C=O) groups is 1. The maximum absolute atomic E-state index is 13.6. The molecule has 0 saturated heterocycles. The van der Waals surface area contributed by atoms with Crippen LogP contribution < -0.4 is 14.8 Å². The van der Waals surface area contributed by atoms with Crippen LogP contribution in [0.4, 0.5) is 10.1 Å². The first-order chi connectivity index (χ1) is 13.3. The van der Waals surface area contributed by atoms with Crippen LogP contribution in [0.5, 0.6) is 11.5 Å². The summed E-state index contributed by atoms with van der Waals surface area (Å²) < 4.78 is 24.7. The summed E-state index contributed by atoms with van der Waals surface area (Å²) in [5, 5.41) is 3.47. The summed E-state index contributed by atoms with van der Waals surface area (Å²) in [6, 6.07) is 10.1. The fraction of sp³-hybridized carbons (Fsp3) is 0.348. The third-order valence-electron chi connectivity index (χ3n) is 5.56. The van der Waals surface area contributed by atoms with E-state index in [1.54, 1.807) is 26.4 Å². The number of carbonyl (C=O) groups excluding carboxylic acids is 1. The number of rotatable bonds is 3. The van der Waals surface area contributed by atoms with Crippen LogP contribution in [0.15, 0.2) is 47.7 Å². The Morgan fingerprint density at radius 2 is 1.79 bits per heavy atom. The lowest BCUT2D eigenvalue weighted by Gasteiger charge is -2.40. The number of ether oxygens (including phenoxy) is 2. The van der Waals surface area contributed by atoms with E-state index in [0.29, 0.717) is 17.9 Å². The molecular formula is C23H24FNO3. The van der Waals surface area contributed by atoms with Gasteiger partial charge in [0.1, 0.15) is 17.3 Å². The number of anilines is 1. The highest BCUT2D eigenvalue weighted by molar-refractivity contribution is 6.02. The summed E-state index contributed by atoms with van der Waals surface area (Å²) in [5.74, 6) is 0.824. The van der Waals surface area contributed by atoms with Gasteiger partial charge in [0, 0.05) is 47.0 Å². The van der Waals surface area contributed by atoms with Crippen LogP contribution in [-0.2, 0) is 4.79 Å². The standard InChI is InChI=1S/C23H24FNO3/c1-23(2)11-17-21(18(26)12-23)20(13-5-7-14(24)8-6-13)22-16(25-17)9-15(27-3)10-19(22)28-4/h5-10,20,25H,11-12H2,1-4H3. The summed E-state index contributed by atoms with van der Waals surface area (Å²) in [6.07, 6.45) is 1.25. The van der Waals surface area contributed by atoms with Gasteiger partial charge < -0.3 is 14.8 Å². The lowest BCUT2D eigenvalue weighted by atomic mass is 9.68. The molecule has 4 rings (SSSR count). The average molecular weight is 381 g/mol. The average Bonchev–Trinajstić information content (AvgIpc) is 2.65. The SMILES string of the molecule is COc1cc2c(c(OC)c1)C(c1ccc(F)cc1)C1=C(CC(C)(C)CC1=O)N2. The topological polar surface area (TPSA) is 47.6 Å². The van der Waals surface area contributed by atoms with Gasteiger partial charge in [0.2, 0.25) is 0 Å². The van der Waals surface area contributed by atoms with E-state index >= 15 is 0 Å². The van der Waals surface area contributed by atoms with E-state index in [9.17, 15) is 9.18 Å². The smallest absolute Gasteiger partial charge is 0.162 e. The van der Waals surface area contributed by atoms with Gasteiger partial charge in [-0.1, -0.05) is 26.0 Å². The van der Waals surface area contributed by atoms with E-state index in [4.69, 9.17) is 9.47 Å². The highest BCUT2D eigenvalue weighted by atomic mass is 19.1. The molecule has 0 amide bonds. The Kier molecular flexibility index (Phi) is 4.41. The zero-order chi connectivity index (χ0) is 20.1. The largest absolute Gasteiger partial charge is 0.497 e. The lowest BCUT2D eigenvalue weighted by molar-refractivity contribution is -0.118. The van der Waals surface area contributed by atoms with Gasteiger partial charge in [0.05, 0.1) is 14.2 Å². The number of methoxy groups -OCH3 is 2. The molecule has 0 aromatic heterocycles. The van der Waals surface area contributed by atoms with Crippen molar-refractivity contribution in [1.29, 1.82) is 0 Å². The van der Waals surface area contributed by atoms with Gasteiger partial charge in [-0.3, -0.25) is 4.79 Å². The summed E-state index contributed by atoms with van der Waals surface area (Å²) in [4.78, 5) is 13.2. The molecular weight excluding hydrogens is 357 g/mol. The number of hydrogen-bond acceptors (Lipinski definition) is 4. The maximum atomic E-state index is 13.6. The number of hydrogen-bond donors (Lipinski definition) is 1. The van der Waals surface area contributed by atoms with Crippen molar-refractivity contribution in [3.63, 3.8) is 0 Å². The molecule has 2 aromatic rings. The third-order valence-corrected chi connectivity index (χ3v) is 5.56. The highest BCUT2D eigenvalue weighted by Crippen LogP contribution is 2.52. The van der Waals surface area contributed by atoms with Crippen molar-refractivity contribution in [3.8, 4) is 11.5 Å². The minimum Gasteiger partial charge on any atom is -0.497 e. The molecule has 1 aliphatic heterocycles. The predicted octanol–water partition coefficient (Wildman–Crippen LogP) is 5.04. The van der Waals surface area contributed by atoms with Gasteiger partial charge in [-0.25, -0.2) is 4.39 Å². The van der Waals surface area contributed by atoms with Crippen LogP contribution in [0.3, 0.4) is 0 Å². The molecule has 1 N–H and O–H groups in total. The number of Topliss-reactive ketones (excluding diaryl/α,β-unsaturated/α-hetero) is 1. The second-order valence-corrected chi connectivity index (χ2v) is 8.23. The molecule has 0 radical (unpaired) electrons. The Bertz CT molecular complexity index is 976. The van der Waals surface area contributed by atoms with Crippen molar-refractivity contribution in [2.24, 2.45) is 5.41 Å². The molecule has 0 bridgehead atoms. The zero-order valence-corrected chi connectivity index (χ0v) is 16.6. The van der Waals surface area contributed by atoms with Crippen molar-refractivity contribution in [2.45, 2.75) is 32.6 Å². The first-order valence-electron chi connectivity index (χ1n) is 9.37. The first kappa shape index (κ1) is 18.5. The minimum atomic E-state index is -0.309. The molecule has 1 unspecified atom stereocenters. The molecule has 5 heteroatoms. The van der Waals surface area contributed by atoms with Gasteiger partial charge in [-0.2, -0.15) is 0 Å². The number of allylic oxidation sites excluding steroid dienone is 2. The molecule has 2 aliphatic rings. The second-order valence-electron chi connectivity index (χ2n) is 8.23. The quantitative estimate of drug-likeness (QED) is 0.809. The minimum absolute atomic E-state index is 0.114. The van der Waals surface area contributed by atoms with Crippen molar-refractivity contribution in [1.82, 2.24) is 0 Å². The number of ketones is 1. The van der Waals surface area contributed by atoms with Crippen LogP contribution >= 0.6 is 0 Å². The first-order valence-corrected chi connectivity index (χ1v) is 9.37. The number of halogens is 1. The molecule has 0 saturated carbocycles. The Morgan fingerprint density at radius 1 is 1.07 bits per heavy atom. The lowest BCUT2D eigenvalue weighted by Crippen LogP contribution is -2.34. The summed E-state index contributed by atoms with van der Waals surface area (Å²) in [7, 11) is 3.21. The molecule has 1 atom stereocenters. The molecule has 2 aromatic carbocycles. The molecule has 146 valence electrons. The van der Waals surface area contributed by atoms with Crippen LogP contribution in [0.25, 0.3) is 0 Å². The Hall–Kier alpha value is -2.82. The summed E-state index contributed by atoms with van der Waals surface area (Å²) in [6.45, 7) is 4.20. The van der Waals surface area contributed by atoms with Gasteiger partial charge in [-0.05, 0) is 29.5 Å². The van der Waals surface area contributed by atoms with E-state index in [0.717, 1.165) is 34.5 Å². The zero-order valence-electron chi connectivity index (χ0n) is 16.6. The normalized spacial score (nSPS) is 20.2. The van der Waals surface area contributed by atoms with E-state index < -0.39 is 0 Å². The molecule has 1 aliphatic carbocycles. The van der Waals surface area contributed by atoms with Gasteiger partial charge in [-0.15, -0.1) is 0 Å². The van der Waals surface area contributed by atoms with Crippen molar-refractivity contribution >= 4 is 11.5 Å². The van der Waals surface area contributed by atoms with Crippen LogP contribution in [0.1, 0.15) is 43.7 Å². The van der Waals surface area contributed by atoms with E-state index in [-0.39, 0.29) is 22.9 Å². The highest BCUT2D eigenvalue weighted by Gasteiger charge is 2.42. The van der Waals surface area contributed by atoms with E-state index in [2.05, 4.69) is 19.2 Å². The predicted molar refractivity (Wildman–Crippen MR) is 106 cm³/mol. The Labute approximate surface area is 164 Å². The van der Waals surface area contributed by atoms with Crippen LogP contribution in [0.2, 0.25) is 0 Å². The van der Waals surface area contributed by atoms with Gasteiger partial charge >= 0.3 is 0 Å². The molecule has 0 spiro atoms. The van der Waals surface area contributed by atoms with Gasteiger partial charge in [0.15, 0.2) is 5.78 Å². The molecule has 4 nitrogen and oxygen atoms in total. The molecule has 28 heavy (non-hydrogen) atoms. The molecule has 1 heterocycles. The number of nitrogens with one attached hydrogen (secondary N) is 1. The van der Waals surface area contributed by atoms with Crippen molar-refractivity contribution in [2.75, 3.05) is 19.5 Å². The Morgan fingerprint density at radius 3 is 2.43 bits per heavy atom. The Balaban J connectivity index is 1.98. The van der Waals surface area contributed by atoms with Crippen LogP contribution in [-0.4, -0.2) is 20.0 Å². The molecule has 0 fully saturated rings. The number of fused-ring (bicyclic) bond motifs is 1. The van der Waals surface area contributed by atoms with Crippen LogP contribution in [0, 0.1) is 11.2 Å². The van der Waals surface area contributed by atoms with E-state index in [1.807, 2.05) is 12.1 Å². The summed E-state index contributed by atoms with van der Waals surface area (Å²) >= 11 is 0. The third kappa shape index (κ3) is 3.05. The number of benzene rings is 2.